The van der Waals surface area contributed by atoms with Crippen LogP contribution in [0.4, 0.5) is 5.69 Å². The topological polar surface area (TPSA) is 48.3 Å². The molecule has 0 bridgehead atoms. The minimum Gasteiger partial charge on any atom is -0.493 e. The molecule has 1 N–H and O–H groups in total. The number of anilines is 1. The van der Waals surface area contributed by atoms with E-state index in [4.69, 9.17) is 21.1 Å². The molecule has 0 spiro atoms. The third kappa shape index (κ3) is 3.46. The van der Waals surface area contributed by atoms with Crippen LogP contribution < -0.4 is 14.8 Å². The van der Waals surface area contributed by atoms with E-state index in [9.17, 15) is 0 Å². The third-order valence-electron chi connectivity index (χ3n) is 3.64. The summed E-state index contributed by atoms with van der Waals surface area (Å²) >= 11 is 5.98. The summed E-state index contributed by atoms with van der Waals surface area (Å²) in [5.74, 6) is 2.18. The van der Waals surface area contributed by atoms with Crippen LogP contribution >= 0.6 is 11.6 Å². The zero-order chi connectivity index (χ0) is 16.9. The van der Waals surface area contributed by atoms with Crippen LogP contribution in [-0.2, 0) is 6.54 Å². The fourth-order valence-electron chi connectivity index (χ4n) is 2.45. The van der Waals surface area contributed by atoms with Crippen molar-refractivity contribution in [2.24, 2.45) is 0 Å². The number of rotatable bonds is 6. The van der Waals surface area contributed by atoms with Gasteiger partial charge in [0.1, 0.15) is 11.0 Å². The molecule has 0 radical (unpaired) electrons. The predicted molar refractivity (Wildman–Crippen MR) is 95.4 cm³/mol. The van der Waals surface area contributed by atoms with Gasteiger partial charge >= 0.3 is 0 Å². The van der Waals surface area contributed by atoms with Crippen LogP contribution in [0.15, 0.2) is 54.7 Å². The molecule has 5 nitrogen and oxygen atoms in total. The van der Waals surface area contributed by atoms with E-state index >= 15 is 0 Å². The number of methoxy groups -OCH3 is 2. The minimum absolute atomic E-state index is 0.472. The molecule has 0 aliphatic rings. The first kappa shape index (κ1) is 16.2. The molecular weight excluding hydrogens is 326 g/mol. The van der Waals surface area contributed by atoms with Crippen molar-refractivity contribution in [3.05, 3.63) is 65.6 Å². The van der Waals surface area contributed by atoms with Crippen molar-refractivity contribution >= 4 is 17.3 Å². The number of nitrogens with one attached hydrogen (secondary N) is 1. The summed E-state index contributed by atoms with van der Waals surface area (Å²) in [6, 6.07) is 15.3. The van der Waals surface area contributed by atoms with E-state index in [1.165, 1.54) is 0 Å². The average molecular weight is 344 g/mol. The standard InChI is InChI=1S/C18H18ClN3O2/c1-23-15-9-8-13(11-16(15)24-2)20-12-14-5-4-10-22(14)18-7-3-6-17(19)21-18/h3-11,20H,12H2,1-2H3. The molecule has 1 aromatic carbocycles. The molecule has 0 saturated heterocycles. The Morgan fingerprint density at radius 1 is 1.04 bits per heavy atom. The molecule has 0 saturated carbocycles. The van der Waals surface area contributed by atoms with Crippen molar-refractivity contribution in [1.29, 1.82) is 0 Å². The molecule has 0 aliphatic heterocycles. The molecule has 6 heteroatoms. The Bertz CT molecular complexity index is 833. The van der Waals surface area contributed by atoms with Gasteiger partial charge in [-0.25, -0.2) is 4.98 Å². The lowest BCUT2D eigenvalue weighted by atomic mass is 10.2. The molecule has 0 amide bonds. The summed E-state index contributed by atoms with van der Waals surface area (Å²) in [5.41, 5.74) is 2.01. The summed E-state index contributed by atoms with van der Waals surface area (Å²) < 4.78 is 12.6. The summed E-state index contributed by atoms with van der Waals surface area (Å²) in [5, 5.41) is 3.85. The van der Waals surface area contributed by atoms with Crippen LogP contribution in [0.5, 0.6) is 11.5 Å². The van der Waals surface area contributed by atoms with E-state index in [-0.39, 0.29) is 0 Å². The second-order valence-electron chi connectivity index (χ2n) is 5.11. The van der Waals surface area contributed by atoms with E-state index in [0.717, 1.165) is 17.2 Å². The lowest BCUT2D eigenvalue weighted by molar-refractivity contribution is 0.355. The van der Waals surface area contributed by atoms with Crippen LogP contribution in [0.3, 0.4) is 0 Å². The Hall–Kier alpha value is -2.66. The molecule has 0 fully saturated rings. The predicted octanol–water partition coefficient (Wildman–Crippen LogP) is 4.16. The Labute approximate surface area is 145 Å². The lowest BCUT2D eigenvalue weighted by Gasteiger charge is -2.13. The van der Waals surface area contributed by atoms with Gasteiger partial charge in [-0.05, 0) is 36.4 Å². The van der Waals surface area contributed by atoms with Gasteiger partial charge in [0.15, 0.2) is 11.5 Å². The van der Waals surface area contributed by atoms with E-state index < -0.39 is 0 Å². The van der Waals surface area contributed by atoms with Crippen LogP contribution in [0, 0.1) is 0 Å². The minimum atomic E-state index is 0.472. The fourth-order valence-corrected chi connectivity index (χ4v) is 2.61. The van der Waals surface area contributed by atoms with Crippen molar-refractivity contribution in [3.63, 3.8) is 0 Å². The fraction of sp³-hybridized carbons (Fsp3) is 0.167. The molecule has 24 heavy (non-hydrogen) atoms. The van der Waals surface area contributed by atoms with Crippen LogP contribution in [0.2, 0.25) is 5.15 Å². The second kappa shape index (κ2) is 7.27. The first-order valence-corrected chi connectivity index (χ1v) is 7.84. The van der Waals surface area contributed by atoms with Crippen molar-refractivity contribution < 1.29 is 9.47 Å². The Kier molecular flexibility index (Phi) is 4.91. The molecule has 124 valence electrons. The SMILES string of the molecule is COc1ccc(NCc2cccn2-c2cccc(Cl)n2)cc1OC. The highest BCUT2D eigenvalue weighted by molar-refractivity contribution is 6.29. The van der Waals surface area contributed by atoms with Gasteiger partial charge in [-0.15, -0.1) is 0 Å². The zero-order valence-electron chi connectivity index (χ0n) is 13.5. The van der Waals surface area contributed by atoms with Crippen LogP contribution in [0.1, 0.15) is 5.69 Å². The normalized spacial score (nSPS) is 10.5. The van der Waals surface area contributed by atoms with E-state index in [1.807, 2.05) is 53.2 Å². The number of benzene rings is 1. The number of hydrogen-bond acceptors (Lipinski definition) is 4. The molecule has 2 heterocycles. The number of halogens is 1. The number of hydrogen-bond donors (Lipinski definition) is 1. The molecule has 3 rings (SSSR count). The summed E-state index contributed by atoms with van der Waals surface area (Å²) in [4.78, 5) is 4.35. The quantitative estimate of drug-likeness (QED) is 0.683. The van der Waals surface area contributed by atoms with Crippen LogP contribution in [0.25, 0.3) is 5.82 Å². The molecule has 0 unspecified atom stereocenters. The van der Waals surface area contributed by atoms with Gasteiger partial charge in [0.2, 0.25) is 0 Å². The maximum atomic E-state index is 5.98. The Morgan fingerprint density at radius 2 is 1.88 bits per heavy atom. The summed E-state index contributed by atoms with van der Waals surface area (Å²) in [6.45, 7) is 0.636. The van der Waals surface area contributed by atoms with Gasteiger partial charge in [0.05, 0.1) is 20.8 Å². The Balaban J connectivity index is 1.78. The third-order valence-corrected chi connectivity index (χ3v) is 3.85. The summed E-state index contributed by atoms with van der Waals surface area (Å²) in [6.07, 6.45) is 1.96. The van der Waals surface area contributed by atoms with Crippen molar-refractivity contribution in [2.45, 2.75) is 6.54 Å². The number of pyridine rings is 1. The van der Waals surface area contributed by atoms with Gasteiger partial charge < -0.3 is 19.4 Å². The van der Waals surface area contributed by atoms with E-state index in [1.54, 1.807) is 20.3 Å². The molecular formula is C18H18ClN3O2. The zero-order valence-corrected chi connectivity index (χ0v) is 14.2. The highest BCUT2D eigenvalue weighted by Crippen LogP contribution is 2.30. The van der Waals surface area contributed by atoms with Crippen LogP contribution in [-0.4, -0.2) is 23.8 Å². The van der Waals surface area contributed by atoms with Crippen molar-refractivity contribution in [1.82, 2.24) is 9.55 Å². The molecule has 3 aromatic rings. The molecule has 2 aromatic heterocycles. The van der Waals surface area contributed by atoms with Gasteiger partial charge in [-0.1, -0.05) is 17.7 Å². The highest BCUT2D eigenvalue weighted by atomic mass is 35.5. The molecule has 0 aliphatic carbocycles. The number of ether oxygens (including phenoxy) is 2. The number of aromatic nitrogens is 2. The summed E-state index contributed by atoms with van der Waals surface area (Å²) in [7, 11) is 3.24. The van der Waals surface area contributed by atoms with E-state index in [2.05, 4.69) is 10.3 Å². The average Bonchev–Trinajstić information content (AvgIpc) is 3.08. The lowest BCUT2D eigenvalue weighted by Crippen LogP contribution is -2.07. The molecule has 0 atom stereocenters. The van der Waals surface area contributed by atoms with Gasteiger partial charge in [0.25, 0.3) is 0 Å². The van der Waals surface area contributed by atoms with Crippen molar-refractivity contribution in [3.8, 4) is 17.3 Å². The van der Waals surface area contributed by atoms with Crippen molar-refractivity contribution in [2.75, 3.05) is 19.5 Å². The van der Waals surface area contributed by atoms with Gasteiger partial charge in [-0.3, -0.25) is 0 Å². The van der Waals surface area contributed by atoms with Gasteiger partial charge in [0, 0.05) is 23.6 Å². The smallest absolute Gasteiger partial charge is 0.162 e. The van der Waals surface area contributed by atoms with E-state index in [0.29, 0.717) is 23.2 Å². The second-order valence-corrected chi connectivity index (χ2v) is 5.50. The number of nitrogens with zero attached hydrogens (tertiary/aromatic N) is 2. The first-order chi connectivity index (χ1) is 11.7. The largest absolute Gasteiger partial charge is 0.493 e. The monoisotopic (exact) mass is 343 g/mol. The maximum absolute atomic E-state index is 5.98. The highest BCUT2D eigenvalue weighted by Gasteiger charge is 2.07. The Morgan fingerprint density at radius 3 is 2.62 bits per heavy atom. The first-order valence-electron chi connectivity index (χ1n) is 7.46. The van der Waals surface area contributed by atoms with Gasteiger partial charge in [-0.2, -0.15) is 0 Å². The maximum Gasteiger partial charge on any atom is 0.162 e.